The second kappa shape index (κ2) is 10.4. The van der Waals surface area contributed by atoms with Crippen molar-refractivity contribution < 1.29 is 23.9 Å². The highest BCUT2D eigenvalue weighted by Gasteiger charge is 2.18. The number of aromatic nitrogens is 3. The van der Waals surface area contributed by atoms with Gasteiger partial charge in [0.15, 0.2) is 22.5 Å². The second-order valence-corrected chi connectivity index (χ2v) is 8.69. The van der Waals surface area contributed by atoms with E-state index >= 15 is 0 Å². The third-order valence-electron chi connectivity index (χ3n) is 4.43. The number of anilines is 1. The van der Waals surface area contributed by atoms with Crippen LogP contribution in [-0.2, 0) is 16.1 Å². The zero-order chi connectivity index (χ0) is 23.2. The predicted molar refractivity (Wildman–Crippen MR) is 122 cm³/mol. The summed E-state index contributed by atoms with van der Waals surface area (Å²) >= 11 is 2.59. The number of thioether (sulfide) groups is 1. The number of hydrogen-bond acceptors (Lipinski definition) is 9. The molecular formula is C20H20N6O5S2. The number of carbonyl (C=O) groups excluding carboxylic acids is 3. The van der Waals surface area contributed by atoms with Crippen LogP contribution in [-0.4, -0.2) is 51.6 Å². The van der Waals surface area contributed by atoms with Gasteiger partial charge in [-0.2, -0.15) is 0 Å². The average molecular weight is 489 g/mol. The highest BCUT2D eigenvalue weighted by Crippen LogP contribution is 2.32. The van der Waals surface area contributed by atoms with E-state index in [9.17, 15) is 14.4 Å². The maximum Gasteiger partial charge on any atom is 0.325 e. The van der Waals surface area contributed by atoms with Gasteiger partial charge in [-0.25, -0.2) is 4.79 Å². The molecule has 1 aromatic carbocycles. The molecule has 172 valence electrons. The smallest absolute Gasteiger partial charge is 0.325 e. The highest BCUT2D eigenvalue weighted by atomic mass is 32.2. The first kappa shape index (κ1) is 22.6. The summed E-state index contributed by atoms with van der Waals surface area (Å²) in [6, 6.07) is 8.06. The Morgan fingerprint density at radius 3 is 2.73 bits per heavy atom. The largest absolute Gasteiger partial charge is 0.486 e. The summed E-state index contributed by atoms with van der Waals surface area (Å²) in [7, 11) is 0. The number of imide groups is 1. The third kappa shape index (κ3) is 5.81. The molecule has 1 aliphatic heterocycles. The quantitative estimate of drug-likeness (QED) is 0.408. The number of ether oxygens (including phenoxy) is 2. The lowest BCUT2D eigenvalue weighted by molar-refractivity contribution is -0.118. The number of nitrogens with two attached hydrogens (primary N) is 1. The first-order valence-electron chi connectivity index (χ1n) is 9.88. The van der Waals surface area contributed by atoms with Crippen LogP contribution in [0.4, 0.5) is 10.5 Å². The minimum Gasteiger partial charge on any atom is -0.486 e. The molecule has 0 bridgehead atoms. The number of benzene rings is 1. The monoisotopic (exact) mass is 488 g/mol. The summed E-state index contributed by atoms with van der Waals surface area (Å²) < 4.78 is 12.7. The number of primary amides is 1. The van der Waals surface area contributed by atoms with Gasteiger partial charge in [0, 0.05) is 24.7 Å². The molecule has 4 rings (SSSR count). The van der Waals surface area contributed by atoms with Crippen molar-refractivity contribution in [3.63, 3.8) is 0 Å². The molecule has 3 aromatic rings. The van der Waals surface area contributed by atoms with E-state index < -0.39 is 17.8 Å². The second-order valence-electron chi connectivity index (χ2n) is 6.80. The van der Waals surface area contributed by atoms with Crippen molar-refractivity contribution in [3.05, 3.63) is 35.7 Å². The van der Waals surface area contributed by atoms with Crippen LogP contribution in [0.25, 0.3) is 10.7 Å². The average Bonchev–Trinajstić information content (AvgIpc) is 3.45. The topological polar surface area (TPSA) is 150 Å². The Morgan fingerprint density at radius 2 is 1.97 bits per heavy atom. The molecule has 0 spiro atoms. The van der Waals surface area contributed by atoms with Crippen molar-refractivity contribution in [1.29, 1.82) is 0 Å². The van der Waals surface area contributed by atoms with Gasteiger partial charge >= 0.3 is 6.03 Å². The maximum atomic E-state index is 12.3. The van der Waals surface area contributed by atoms with Crippen molar-refractivity contribution in [1.82, 2.24) is 20.1 Å². The Kier molecular flexibility index (Phi) is 7.10. The van der Waals surface area contributed by atoms with E-state index in [1.807, 2.05) is 17.5 Å². The number of carbonyl (C=O) groups is 3. The van der Waals surface area contributed by atoms with Crippen molar-refractivity contribution in [2.45, 2.75) is 18.1 Å². The Balaban J connectivity index is 1.34. The molecule has 2 aromatic heterocycles. The summed E-state index contributed by atoms with van der Waals surface area (Å²) in [4.78, 5) is 36.6. The summed E-state index contributed by atoms with van der Waals surface area (Å²) in [5.41, 5.74) is 5.75. The van der Waals surface area contributed by atoms with Gasteiger partial charge in [0.2, 0.25) is 11.8 Å². The van der Waals surface area contributed by atoms with Crippen LogP contribution in [0.3, 0.4) is 0 Å². The zero-order valence-corrected chi connectivity index (χ0v) is 18.9. The molecule has 4 amide bonds. The van der Waals surface area contributed by atoms with Crippen molar-refractivity contribution in [2.75, 3.05) is 24.3 Å². The van der Waals surface area contributed by atoms with Gasteiger partial charge < -0.3 is 25.1 Å². The molecule has 13 heteroatoms. The Bertz CT molecular complexity index is 1160. The predicted octanol–water partition coefficient (Wildman–Crippen LogP) is 2.09. The van der Waals surface area contributed by atoms with E-state index in [0.29, 0.717) is 41.4 Å². The van der Waals surface area contributed by atoms with Crippen LogP contribution in [0.5, 0.6) is 11.5 Å². The number of rotatable bonds is 8. The van der Waals surface area contributed by atoms with Crippen LogP contribution in [0.2, 0.25) is 0 Å². The molecule has 0 fully saturated rings. The van der Waals surface area contributed by atoms with Crippen LogP contribution >= 0.6 is 23.1 Å². The van der Waals surface area contributed by atoms with Crippen molar-refractivity contribution in [3.8, 4) is 22.2 Å². The van der Waals surface area contributed by atoms with Crippen molar-refractivity contribution >= 4 is 46.6 Å². The van der Waals surface area contributed by atoms with E-state index in [1.54, 1.807) is 22.8 Å². The lowest BCUT2D eigenvalue weighted by atomic mass is 10.2. The van der Waals surface area contributed by atoms with E-state index in [2.05, 4.69) is 20.8 Å². The van der Waals surface area contributed by atoms with E-state index in [1.165, 1.54) is 11.3 Å². The minimum atomic E-state index is -0.674. The minimum absolute atomic E-state index is 0.0757. The molecule has 0 aliphatic carbocycles. The lowest BCUT2D eigenvalue weighted by Gasteiger charge is -2.19. The van der Waals surface area contributed by atoms with E-state index in [0.717, 1.165) is 16.6 Å². The lowest BCUT2D eigenvalue weighted by Crippen LogP contribution is -2.35. The van der Waals surface area contributed by atoms with Gasteiger partial charge in [0.25, 0.3) is 0 Å². The van der Waals surface area contributed by atoms with Crippen LogP contribution in [0.15, 0.2) is 40.9 Å². The summed E-state index contributed by atoms with van der Waals surface area (Å²) in [5, 5.41) is 15.5. The summed E-state index contributed by atoms with van der Waals surface area (Å²) in [6.45, 7) is 1.18. The molecule has 33 heavy (non-hydrogen) atoms. The number of amides is 4. The number of nitrogens with zero attached hydrogens (tertiary/aromatic N) is 3. The van der Waals surface area contributed by atoms with Gasteiger partial charge in [0.05, 0.1) is 10.6 Å². The zero-order valence-electron chi connectivity index (χ0n) is 17.3. The Labute approximate surface area is 196 Å². The first-order chi connectivity index (χ1) is 16.0. The summed E-state index contributed by atoms with van der Waals surface area (Å²) in [6.07, 6.45) is 0.105. The molecule has 3 heterocycles. The molecular weight excluding hydrogens is 468 g/mol. The Hall–Kier alpha value is -3.58. The standard InChI is InChI=1S/C20H20N6O5S2/c21-16(27)5-6-26-18(15-2-1-9-32-15)24-25-20(26)33-11-17(28)23-19(29)22-12-3-4-13-14(10-12)31-8-7-30-13/h1-4,9-10H,5-8,11H2,(H2,21,27)(H2,22,23,28,29). The van der Waals surface area contributed by atoms with Gasteiger partial charge in [0.1, 0.15) is 13.2 Å². The van der Waals surface area contributed by atoms with Crippen LogP contribution < -0.4 is 25.8 Å². The van der Waals surface area contributed by atoms with Gasteiger partial charge in [-0.05, 0) is 23.6 Å². The molecule has 0 saturated heterocycles. The number of fused-ring (bicyclic) bond motifs is 1. The van der Waals surface area contributed by atoms with Gasteiger partial charge in [-0.15, -0.1) is 21.5 Å². The molecule has 4 N–H and O–H groups in total. The van der Waals surface area contributed by atoms with Crippen LogP contribution in [0, 0.1) is 0 Å². The highest BCUT2D eigenvalue weighted by molar-refractivity contribution is 7.99. The molecule has 0 unspecified atom stereocenters. The molecule has 1 aliphatic rings. The van der Waals surface area contributed by atoms with Crippen molar-refractivity contribution in [2.24, 2.45) is 5.73 Å². The molecule has 0 radical (unpaired) electrons. The summed E-state index contributed by atoms with van der Waals surface area (Å²) in [5.74, 6) is 0.668. The number of urea groups is 1. The third-order valence-corrected chi connectivity index (χ3v) is 6.26. The normalized spacial score (nSPS) is 12.2. The number of nitrogens with one attached hydrogen (secondary N) is 2. The maximum absolute atomic E-state index is 12.3. The molecule has 0 atom stereocenters. The fourth-order valence-electron chi connectivity index (χ4n) is 2.98. The first-order valence-corrected chi connectivity index (χ1v) is 11.7. The van der Waals surface area contributed by atoms with Crippen LogP contribution in [0.1, 0.15) is 6.42 Å². The van der Waals surface area contributed by atoms with Gasteiger partial charge in [-0.3, -0.25) is 14.9 Å². The molecule has 0 saturated carbocycles. The molecule has 11 nitrogen and oxygen atoms in total. The Morgan fingerprint density at radius 1 is 1.15 bits per heavy atom. The fourth-order valence-corrected chi connectivity index (χ4v) is 4.47. The fraction of sp³-hybridized carbons (Fsp3) is 0.250. The van der Waals surface area contributed by atoms with Gasteiger partial charge in [-0.1, -0.05) is 17.8 Å². The van der Waals surface area contributed by atoms with E-state index in [4.69, 9.17) is 15.2 Å². The number of hydrogen-bond donors (Lipinski definition) is 3. The van der Waals surface area contributed by atoms with E-state index in [-0.39, 0.29) is 18.7 Å². The SMILES string of the molecule is NC(=O)CCn1c(SCC(=O)NC(=O)Nc2ccc3c(c2)OCCO3)nnc1-c1cccs1. The number of thiophene rings is 1.